The number of hydrogen-bond donors (Lipinski definition) is 0. The van der Waals surface area contributed by atoms with E-state index in [2.05, 4.69) is 0 Å². The molecule has 0 bridgehead atoms. The van der Waals surface area contributed by atoms with Gasteiger partial charge in [0.15, 0.2) is 0 Å². The van der Waals surface area contributed by atoms with E-state index in [1.54, 1.807) is 11.8 Å². The van der Waals surface area contributed by atoms with Gasteiger partial charge >= 0.3 is 6.09 Å². The van der Waals surface area contributed by atoms with Gasteiger partial charge in [-0.1, -0.05) is 18.2 Å². The number of piperazine rings is 1. The lowest BCUT2D eigenvalue weighted by Gasteiger charge is -2.36. The summed E-state index contributed by atoms with van der Waals surface area (Å²) in [5, 5.41) is 0. The summed E-state index contributed by atoms with van der Waals surface area (Å²) in [5.74, 6) is 0.376. The number of carbonyl (C=O) groups excluding carboxylic acids is 3. The number of rotatable bonds is 3. The number of nitrogens with zero attached hydrogens (tertiary/aromatic N) is 3. The van der Waals surface area contributed by atoms with Crippen molar-refractivity contribution in [2.75, 3.05) is 45.9 Å². The highest BCUT2D eigenvalue weighted by molar-refractivity contribution is 5.94. The van der Waals surface area contributed by atoms with Crippen LogP contribution in [0.3, 0.4) is 0 Å². The van der Waals surface area contributed by atoms with Crippen LogP contribution in [0.2, 0.25) is 0 Å². The molecule has 1 atom stereocenters. The Morgan fingerprint density at radius 1 is 0.931 bits per heavy atom. The molecular formula is C22H29N3O4. The quantitative estimate of drug-likeness (QED) is 0.782. The highest BCUT2D eigenvalue weighted by atomic mass is 16.6. The largest absolute Gasteiger partial charge is 0.450 e. The first-order valence-corrected chi connectivity index (χ1v) is 10.6. The van der Waals surface area contributed by atoms with Crippen molar-refractivity contribution in [3.63, 3.8) is 0 Å². The molecule has 3 aliphatic rings. The number of benzene rings is 1. The molecule has 2 saturated heterocycles. The van der Waals surface area contributed by atoms with Crippen LogP contribution in [0.1, 0.15) is 36.5 Å². The van der Waals surface area contributed by atoms with Crippen LogP contribution < -0.4 is 0 Å². The summed E-state index contributed by atoms with van der Waals surface area (Å²) in [7, 11) is 0. The van der Waals surface area contributed by atoms with Gasteiger partial charge in [-0.25, -0.2) is 4.79 Å². The van der Waals surface area contributed by atoms with Crippen molar-refractivity contribution >= 4 is 17.9 Å². The summed E-state index contributed by atoms with van der Waals surface area (Å²) in [6, 6.07) is 9.39. The maximum absolute atomic E-state index is 13.0. The van der Waals surface area contributed by atoms with Gasteiger partial charge in [0.05, 0.1) is 6.61 Å². The topological polar surface area (TPSA) is 70.2 Å². The van der Waals surface area contributed by atoms with E-state index in [1.165, 1.54) is 0 Å². The lowest BCUT2D eigenvalue weighted by Crippen LogP contribution is -2.51. The molecule has 0 N–H and O–H groups in total. The molecule has 0 aromatic heterocycles. The van der Waals surface area contributed by atoms with Crippen molar-refractivity contribution in [2.24, 2.45) is 11.3 Å². The number of amides is 3. The van der Waals surface area contributed by atoms with E-state index in [1.807, 2.05) is 40.1 Å². The van der Waals surface area contributed by atoms with Gasteiger partial charge in [0.25, 0.3) is 5.91 Å². The van der Waals surface area contributed by atoms with Crippen molar-refractivity contribution in [3.05, 3.63) is 35.9 Å². The molecule has 3 amide bonds. The second-order valence-corrected chi connectivity index (χ2v) is 8.29. The smallest absolute Gasteiger partial charge is 0.409 e. The molecule has 0 radical (unpaired) electrons. The monoisotopic (exact) mass is 399 g/mol. The van der Waals surface area contributed by atoms with Gasteiger partial charge in [-0.2, -0.15) is 0 Å². The molecule has 0 unspecified atom stereocenters. The standard InChI is InChI=1S/C22H29N3O4/c1-2-29-21(28)25-14-12-24(13-15-25)20(27)18-16-22(18)8-10-23(11-9-22)19(26)17-6-4-3-5-7-17/h3-7,18H,2,8-16H2,1H3/t18-/m1/s1. The van der Waals surface area contributed by atoms with Gasteiger partial charge in [-0.05, 0) is 43.7 Å². The van der Waals surface area contributed by atoms with Crippen LogP contribution >= 0.6 is 0 Å². The second kappa shape index (κ2) is 8.05. The Morgan fingerprint density at radius 3 is 2.17 bits per heavy atom. The summed E-state index contributed by atoms with van der Waals surface area (Å²) in [5.41, 5.74) is 0.800. The van der Waals surface area contributed by atoms with Crippen LogP contribution in [0.5, 0.6) is 0 Å². The molecule has 1 aromatic carbocycles. The molecule has 1 aromatic rings. The van der Waals surface area contributed by atoms with Crippen LogP contribution in [0.4, 0.5) is 4.79 Å². The fourth-order valence-electron chi connectivity index (χ4n) is 4.71. The first kappa shape index (κ1) is 19.7. The molecule has 2 heterocycles. The van der Waals surface area contributed by atoms with Crippen LogP contribution in [0.25, 0.3) is 0 Å². The molecule has 1 spiro atoms. The summed E-state index contributed by atoms with van der Waals surface area (Å²) in [6.07, 6.45) is 2.42. The molecule has 29 heavy (non-hydrogen) atoms. The Labute approximate surface area is 171 Å². The summed E-state index contributed by atoms with van der Waals surface area (Å²) < 4.78 is 5.04. The van der Waals surface area contributed by atoms with Crippen molar-refractivity contribution in [3.8, 4) is 0 Å². The maximum atomic E-state index is 13.0. The Kier molecular flexibility index (Phi) is 5.48. The third-order valence-electron chi connectivity index (χ3n) is 6.67. The van der Waals surface area contributed by atoms with Crippen molar-refractivity contribution in [2.45, 2.75) is 26.2 Å². The zero-order valence-electron chi connectivity index (χ0n) is 17.0. The maximum Gasteiger partial charge on any atom is 0.409 e. The van der Waals surface area contributed by atoms with E-state index in [9.17, 15) is 14.4 Å². The Bertz CT molecular complexity index is 766. The van der Waals surface area contributed by atoms with E-state index in [-0.39, 0.29) is 29.2 Å². The third-order valence-corrected chi connectivity index (χ3v) is 6.67. The average molecular weight is 399 g/mol. The van der Waals surface area contributed by atoms with Crippen LogP contribution in [-0.4, -0.2) is 78.5 Å². The first-order valence-electron chi connectivity index (χ1n) is 10.6. The SMILES string of the molecule is CCOC(=O)N1CCN(C(=O)[C@H]2CC23CCN(C(=O)c2ccccc2)CC3)CC1. The normalized spacial score (nSPS) is 23.1. The summed E-state index contributed by atoms with van der Waals surface area (Å²) >= 11 is 0. The predicted octanol–water partition coefficient (Wildman–Crippen LogP) is 2.23. The molecule has 2 aliphatic heterocycles. The minimum absolute atomic E-state index is 0.0722. The Balaban J connectivity index is 1.26. The van der Waals surface area contributed by atoms with Crippen molar-refractivity contribution < 1.29 is 19.1 Å². The van der Waals surface area contributed by atoms with E-state index >= 15 is 0 Å². The van der Waals surface area contributed by atoms with Gasteiger partial charge in [-0.3, -0.25) is 9.59 Å². The highest BCUT2D eigenvalue weighted by Gasteiger charge is 2.59. The highest BCUT2D eigenvalue weighted by Crippen LogP contribution is 2.60. The number of piperidine rings is 1. The number of ether oxygens (including phenoxy) is 1. The Hall–Kier alpha value is -2.57. The lowest BCUT2D eigenvalue weighted by atomic mass is 9.90. The molecule has 1 aliphatic carbocycles. The predicted molar refractivity (Wildman–Crippen MR) is 107 cm³/mol. The summed E-state index contributed by atoms with van der Waals surface area (Å²) in [6.45, 7) is 5.80. The molecule has 7 heteroatoms. The second-order valence-electron chi connectivity index (χ2n) is 8.29. The average Bonchev–Trinajstić information content (AvgIpc) is 3.47. The minimum atomic E-state index is -0.294. The molecule has 156 valence electrons. The zero-order chi connectivity index (χ0) is 20.4. The van der Waals surface area contributed by atoms with Gasteiger partial charge < -0.3 is 19.4 Å². The molecule has 1 saturated carbocycles. The molecule has 7 nitrogen and oxygen atoms in total. The van der Waals surface area contributed by atoms with Crippen LogP contribution in [0, 0.1) is 11.3 Å². The van der Waals surface area contributed by atoms with Gasteiger partial charge in [0.1, 0.15) is 0 Å². The zero-order valence-corrected chi connectivity index (χ0v) is 17.0. The van der Waals surface area contributed by atoms with E-state index < -0.39 is 0 Å². The van der Waals surface area contributed by atoms with E-state index in [0.717, 1.165) is 24.8 Å². The molecular weight excluding hydrogens is 370 g/mol. The van der Waals surface area contributed by atoms with Gasteiger partial charge in [-0.15, -0.1) is 0 Å². The number of likely N-dealkylation sites (tertiary alicyclic amines) is 1. The summed E-state index contributed by atoms with van der Waals surface area (Å²) in [4.78, 5) is 42.9. The van der Waals surface area contributed by atoms with Crippen molar-refractivity contribution in [1.29, 1.82) is 0 Å². The minimum Gasteiger partial charge on any atom is -0.450 e. The number of hydrogen-bond acceptors (Lipinski definition) is 4. The fraction of sp³-hybridized carbons (Fsp3) is 0.591. The first-order chi connectivity index (χ1) is 14.0. The Morgan fingerprint density at radius 2 is 1.55 bits per heavy atom. The number of carbonyl (C=O) groups is 3. The van der Waals surface area contributed by atoms with Crippen LogP contribution in [0.15, 0.2) is 30.3 Å². The van der Waals surface area contributed by atoms with Crippen LogP contribution in [-0.2, 0) is 9.53 Å². The molecule has 3 fully saturated rings. The van der Waals surface area contributed by atoms with E-state index in [4.69, 9.17) is 4.74 Å². The lowest BCUT2D eigenvalue weighted by molar-refractivity contribution is -0.135. The van der Waals surface area contributed by atoms with Crippen molar-refractivity contribution in [1.82, 2.24) is 14.7 Å². The third kappa shape index (κ3) is 3.95. The van der Waals surface area contributed by atoms with Gasteiger partial charge in [0, 0.05) is 50.7 Å². The van der Waals surface area contributed by atoms with E-state index in [0.29, 0.717) is 45.9 Å². The molecule has 4 rings (SSSR count). The fourth-order valence-corrected chi connectivity index (χ4v) is 4.71. The van der Waals surface area contributed by atoms with Gasteiger partial charge in [0.2, 0.25) is 5.91 Å².